The van der Waals surface area contributed by atoms with Gasteiger partial charge in [-0.1, -0.05) is 72.1 Å². The van der Waals surface area contributed by atoms with Crippen LogP contribution in [0.15, 0.2) is 0 Å². The molecule has 0 saturated heterocycles. The topological polar surface area (TPSA) is 3.24 Å². The molecule has 110 valence electrons. The maximum Gasteiger partial charge on any atom is -0.00218 e. The van der Waals surface area contributed by atoms with Crippen LogP contribution in [0, 0.1) is 5.92 Å². The van der Waals surface area contributed by atoms with Crippen LogP contribution in [-0.2, 0) is 0 Å². The molecule has 0 bridgehead atoms. The fourth-order valence-corrected chi connectivity index (χ4v) is 2.91. The van der Waals surface area contributed by atoms with Crippen molar-refractivity contribution in [3.05, 3.63) is 0 Å². The van der Waals surface area contributed by atoms with Crippen molar-refractivity contribution in [3.63, 3.8) is 0 Å². The van der Waals surface area contributed by atoms with E-state index < -0.39 is 0 Å². The van der Waals surface area contributed by atoms with Gasteiger partial charge in [0.2, 0.25) is 0 Å². The Morgan fingerprint density at radius 3 is 1.83 bits per heavy atom. The standard InChI is InChI=1S/C17H37N/c1-5-12-17(13-6-2)14-10-8-9-11-16-18(4)15-7-3/h17H,5-16H2,1-4H3. The van der Waals surface area contributed by atoms with Crippen LogP contribution in [0.3, 0.4) is 0 Å². The molecule has 0 saturated carbocycles. The lowest BCUT2D eigenvalue weighted by atomic mass is 9.92. The van der Waals surface area contributed by atoms with Gasteiger partial charge in [-0.15, -0.1) is 0 Å². The minimum atomic E-state index is 1.02. The first-order chi connectivity index (χ1) is 8.74. The highest BCUT2D eigenvalue weighted by atomic mass is 15.1. The summed E-state index contributed by atoms with van der Waals surface area (Å²) in [5.74, 6) is 1.02. The number of rotatable bonds is 13. The first-order valence-corrected chi connectivity index (χ1v) is 8.43. The van der Waals surface area contributed by atoms with Crippen LogP contribution in [0.25, 0.3) is 0 Å². The average Bonchev–Trinajstić information content (AvgIpc) is 2.34. The van der Waals surface area contributed by atoms with Gasteiger partial charge in [0.05, 0.1) is 0 Å². The Morgan fingerprint density at radius 1 is 0.667 bits per heavy atom. The molecule has 0 aliphatic carbocycles. The van der Waals surface area contributed by atoms with Gasteiger partial charge >= 0.3 is 0 Å². The summed E-state index contributed by atoms with van der Waals surface area (Å²) in [6, 6.07) is 0. The van der Waals surface area contributed by atoms with Crippen LogP contribution < -0.4 is 0 Å². The second-order valence-corrected chi connectivity index (χ2v) is 5.95. The van der Waals surface area contributed by atoms with Gasteiger partial charge in [-0.05, 0) is 38.9 Å². The van der Waals surface area contributed by atoms with E-state index in [-0.39, 0.29) is 0 Å². The summed E-state index contributed by atoms with van der Waals surface area (Å²) in [5.41, 5.74) is 0. The van der Waals surface area contributed by atoms with Gasteiger partial charge in [-0.2, -0.15) is 0 Å². The third-order valence-electron chi connectivity index (χ3n) is 3.90. The second-order valence-electron chi connectivity index (χ2n) is 5.95. The van der Waals surface area contributed by atoms with Gasteiger partial charge in [-0.25, -0.2) is 0 Å². The number of unbranched alkanes of at least 4 members (excludes halogenated alkanes) is 3. The smallest absolute Gasteiger partial charge is 0.00218 e. The summed E-state index contributed by atoms with van der Waals surface area (Å²) in [4.78, 5) is 2.47. The first kappa shape index (κ1) is 18.0. The van der Waals surface area contributed by atoms with Gasteiger partial charge in [0, 0.05) is 0 Å². The molecule has 0 heterocycles. The van der Waals surface area contributed by atoms with Crippen molar-refractivity contribution in [1.29, 1.82) is 0 Å². The highest BCUT2D eigenvalue weighted by Gasteiger charge is 2.06. The Kier molecular flexibility index (Phi) is 13.4. The SMILES string of the molecule is CCCC(CCC)CCCCCCN(C)CCC. The van der Waals surface area contributed by atoms with Crippen molar-refractivity contribution < 1.29 is 0 Å². The second kappa shape index (κ2) is 13.4. The predicted molar refractivity (Wildman–Crippen MR) is 84.2 cm³/mol. The van der Waals surface area contributed by atoms with Crippen LogP contribution in [0.2, 0.25) is 0 Å². The molecule has 0 unspecified atom stereocenters. The molecule has 0 aliphatic heterocycles. The van der Waals surface area contributed by atoms with E-state index in [4.69, 9.17) is 0 Å². The molecule has 0 amide bonds. The van der Waals surface area contributed by atoms with E-state index >= 15 is 0 Å². The molecule has 0 fully saturated rings. The summed E-state index contributed by atoms with van der Waals surface area (Å²) in [6.45, 7) is 9.47. The summed E-state index contributed by atoms with van der Waals surface area (Å²) < 4.78 is 0. The maximum atomic E-state index is 2.47. The largest absolute Gasteiger partial charge is 0.306 e. The number of hydrogen-bond donors (Lipinski definition) is 0. The van der Waals surface area contributed by atoms with E-state index in [1.165, 1.54) is 77.3 Å². The number of nitrogens with zero attached hydrogens (tertiary/aromatic N) is 1. The molecule has 0 radical (unpaired) electrons. The Labute approximate surface area is 116 Å². The van der Waals surface area contributed by atoms with Gasteiger partial charge in [0.1, 0.15) is 0 Å². The molecule has 1 heteroatoms. The molecule has 0 N–H and O–H groups in total. The Balaban J connectivity index is 3.36. The molecule has 0 rings (SSSR count). The highest BCUT2D eigenvalue weighted by molar-refractivity contribution is 4.59. The summed E-state index contributed by atoms with van der Waals surface area (Å²) in [6.07, 6.45) is 14.1. The third-order valence-corrected chi connectivity index (χ3v) is 3.90. The molecular formula is C17H37N. The van der Waals surface area contributed by atoms with Gasteiger partial charge in [-0.3, -0.25) is 0 Å². The summed E-state index contributed by atoms with van der Waals surface area (Å²) in [5, 5.41) is 0. The normalized spacial score (nSPS) is 11.7. The van der Waals surface area contributed by atoms with Crippen LogP contribution >= 0.6 is 0 Å². The van der Waals surface area contributed by atoms with Gasteiger partial charge in [0.25, 0.3) is 0 Å². The molecule has 0 aromatic carbocycles. The van der Waals surface area contributed by atoms with E-state index in [1.807, 2.05) is 0 Å². The quantitative estimate of drug-likeness (QED) is 0.393. The van der Waals surface area contributed by atoms with E-state index in [2.05, 4.69) is 32.7 Å². The molecule has 0 aliphatic rings. The average molecular weight is 255 g/mol. The Morgan fingerprint density at radius 2 is 1.28 bits per heavy atom. The summed E-state index contributed by atoms with van der Waals surface area (Å²) in [7, 11) is 2.25. The Hall–Kier alpha value is -0.0400. The fourth-order valence-electron chi connectivity index (χ4n) is 2.91. The van der Waals surface area contributed by atoms with E-state index in [0.29, 0.717) is 0 Å². The molecule has 0 aromatic heterocycles. The van der Waals surface area contributed by atoms with Crippen molar-refractivity contribution in [1.82, 2.24) is 4.90 Å². The number of hydrogen-bond acceptors (Lipinski definition) is 1. The zero-order chi connectivity index (χ0) is 13.6. The lowest BCUT2D eigenvalue weighted by molar-refractivity contribution is 0.321. The molecule has 1 nitrogen and oxygen atoms in total. The van der Waals surface area contributed by atoms with Crippen molar-refractivity contribution in [2.24, 2.45) is 5.92 Å². The molecule has 0 spiro atoms. The van der Waals surface area contributed by atoms with E-state index in [0.717, 1.165) is 5.92 Å². The van der Waals surface area contributed by atoms with E-state index in [1.54, 1.807) is 0 Å². The lowest BCUT2D eigenvalue weighted by Gasteiger charge is -2.16. The summed E-state index contributed by atoms with van der Waals surface area (Å²) >= 11 is 0. The van der Waals surface area contributed by atoms with Crippen LogP contribution in [-0.4, -0.2) is 25.0 Å². The third kappa shape index (κ3) is 11.1. The van der Waals surface area contributed by atoms with E-state index in [9.17, 15) is 0 Å². The molecule has 0 aromatic rings. The molecule has 18 heavy (non-hydrogen) atoms. The fraction of sp³-hybridized carbons (Fsp3) is 1.00. The van der Waals surface area contributed by atoms with Crippen molar-refractivity contribution in [3.8, 4) is 0 Å². The van der Waals surface area contributed by atoms with Gasteiger partial charge < -0.3 is 4.90 Å². The zero-order valence-electron chi connectivity index (χ0n) is 13.5. The molecule has 0 atom stereocenters. The monoisotopic (exact) mass is 255 g/mol. The van der Waals surface area contributed by atoms with Crippen LogP contribution in [0.4, 0.5) is 0 Å². The van der Waals surface area contributed by atoms with Crippen molar-refractivity contribution in [2.45, 2.75) is 85.0 Å². The highest BCUT2D eigenvalue weighted by Crippen LogP contribution is 2.20. The minimum absolute atomic E-state index is 1.02. The first-order valence-electron chi connectivity index (χ1n) is 8.43. The molecular weight excluding hydrogens is 218 g/mol. The van der Waals surface area contributed by atoms with Crippen LogP contribution in [0.5, 0.6) is 0 Å². The predicted octanol–water partition coefficient (Wildman–Crippen LogP) is 5.50. The Bertz CT molecular complexity index is 150. The van der Waals surface area contributed by atoms with Gasteiger partial charge in [0.15, 0.2) is 0 Å². The zero-order valence-corrected chi connectivity index (χ0v) is 13.5. The van der Waals surface area contributed by atoms with Crippen molar-refractivity contribution >= 4 is 0 Å². The van der Waals surface area contributed by atoms with Crippen molar-refractivity contribution in [2.75, 3.05) is 20.1 Å². The van der Waals surface area contributed by atoms with Crippen LogP contribution in [0.1, 0.15) is 85.0 Å². The lowest BCUT2D eigenvalue weighted by Crippen LogP contribution is -2.20. The minimum Gasteiger partial charge on any atom is -0.306 e. The maximum absolute atomic E-state index is 2.47.